The maximum absolute atomic E-state index is 12.4. The van der Waals surface area contributed by atoms with Gasteiger partial charge in [0.25, 0.3) is 0 Å². The Morgan fingerprint density at radius 2 is 2.05 bits per heavy atom. The van der Waals surface area contributed by atoms with Crippen LogP contribution in [0.2, 0.25) is 0 Å². The Labute approximate surface area is 123 Å². The van der Waals surface area contributed by atoms with E-state index in [4.69, 9.17) is 0 Å². The van der Waals surface area contributed by atoms with Crippen molar-refractivity contribution < 1.29 is 13.5 Å². The molecule has 108 valence electrons. The fourth-order valence-corrected chi connectivity index (χ4v) is 5.04. The van der Waals surface area contributed by atoms with Gasteiger partial charge in [0.2, 0.25) is 0 Å². The zero-order valence-corrected chi connectivity index (χ0v) is 13.6. The molecule has 0 aromatic carbocycles. The number of hydrogen-bond donors (Lipinski definition) is 1. The van der Waals surface area contributed by atoms with E-state index in [0.29, 0.717) is 19.3 Å². The number of sulfone groups is 1. The van der Waals surface area contributed by atoms with E-state index in [1.807, 2.05) is 19.1 Å². The van der Waals surface area contributed by atoms with Crippen LogP contribution in [-0.4, -0.2) is 30.1 Å². The zero-order chi connectivity index (χ0) is 14.1. The van der Waals surface area contributed by atoms with Crippen LogP contribution in [0.15, 0.2) is 22.7 Å². The highest BCUT2D eigenvalue weighted by atomic mass is 79.9. The highest BCUT2D eigenvalue weighted by Gasteiger charge is 2.33. The van der Waals surface area contributed by atoms with E-state index in [1.54, 1.807) is 6.08 Å². The van der Waals surface area contributed by atoms with Gasteiger partial charge in [-0.15, -0.1) is 0 Å². The maximum atomic E-state index is 12.4. The van der Waals surface area contributed by atoms with E-state index in [0.717, 1.165) is 17.3 Å². The molecule has 0 spiro atoms. The van der Waals surface area contributed by atoms with E-state index in [1.165, 1.54) is 0 Å². The molecule has 5 heteroatoms. The van der Waals surface area contributed by atoms with Crippen molar-refractivity contribution in [1.82, 2.24) is 0 Å². The minimum absolute atomic E-state index is 0.202. The van der Waals surface area contributed by atoms with Crippen LogP contribution < -0.4 is 0 Å². The SMILES string of the molecule is C[C@]1(O)CC[C@@H](CS(=O)(=O)C2C=CC(Br)=CC2)CC1. The van der Waals surface area contributed by atoms with Crippen LogP contribution in [0.1, 0.15) is 39.0 Å². The van der Waals surface area contributed by atoms with E-state index in [9.17, 15) is 13.5 Å². The summed E-state index contributed by atoms with van der Waals surface area (Å²) >= 11 is 3.35. The van der Waals surface area contributed by atoms with Crippen molar-refractivity contribution in [2.45, 2.75) is 49.9 Å². The lowest BCUT2D eigenvalue weighted by Crippen LogP contribution is -2.34. The molecular weight excluding hydrogens is 328 g/mol. The molecule has 1 atom stereocenters. The fraction of sp³-hybridized carbons (Fsp3) is 0.714. The molecule has 0 amide bonds. The van der Waals surface area contributed by atoms with Crippen LogP contribution in [0.4, 0.5) is 0 Å². The number of aliphatic hydroxyl groups is 1. The van der Waals surface area contributed by atoms with Gasteiger partial charge >= 0.3 is 0 Å². The first-order valence-electron chi connectivity index (χ1n) is 6.76. The molecule has 3 nitrogen and oxygen atoms in total. The van der Waals surface area contributed by atoms with Gasteiger partial charge < -0.3 is 5.11 Å². The quantitative estimate of drug-likeness (QED) is 0.852. The average Bonchev–Trinajstić information content (AvgIpc) is 2.32. The lowest BCUT2D eigenvalue weighted by atomic mass is 9.81. The van der Waals surface area contributed by atoms with Crippen LogP contribution in [-0.2, 0) is 9.84 Å². The van der Waals surface area contributed by atoms with Crippen molar-refractivity contribution in [3.05, 3.63) is 22.7 Å². The van der Waals surface area contributed by atoms with Gasteiger partial charge in [-0.05, 0) is 44.9 Å². The normalized spacial score (nSPS) is 36.1. The summed E-state index contributed by atoms with van der Waals surface area (Å²) in [5.74, 6) is 0.455. The molecule has 0 aromatic heterocycles. The molecule has 1 N–H and O–H groups in total. The van der Waals surface area contributed by atoms with Crippen LogP contribution in [0, 0.1) is 5.92 Å². The summed E-state index contributed by atoms with van der Waals surface area (Å²) < 4.78 is 25.7. The predicted molar refractivity (Wildman–Crippen MR) is 80.9 cm³/mol. The zero-order valence-electron chi connectivity index (χ0n) is 11.2. The summed E-state index contributed by atoms with van der Waals surface area (Å²) in [6.45, 7) is 1.84. The second kappa shape index (κ2) is 5.70. The number of halogens is 1. The second-order valence-electron chi connectivity index (χ2n) is 5.99. The summed E-state index contributed by atoms with van der Waals surface area (Å²) in [6.07, 6.45) is 9.09. The number of rotatable bonds is 3. The third kappa shape index (κ3) is 4.17. The van der Waals surface area contributed by atoms with Crippen molar-refractivity contribution in [2.24, 2.45) is 5.92 Å². The van der Waals surface area contributed by atoms with E-state index < -0.39 is 15.4 Å². The molecule has 2 aliphatic rings. The maximum Gasteiger partial charge on any atom is 0.157 e. The van der Waals surface area contributed by atoms with Crippen LogP contribution in [0.25, 0.3) is 0 Å². The standard InChI is InChI=1S/C14H21BrO3S/c1-14(16)8-6-11(7-9-14)10-19(17,18)13-4-2-12(15)3-5-13/h2-4,11,13,16H,5-10H2,1H3/t11-,13?,14+. The summed E-state index contributed by atoms with van der Waals surface area (Å²) in [5, 5.41) is 9.52. The number of hydrogen-bond acceptors (Lipinski definition) is 3. The predicted octanol–water partition coefficient (Wildman–Crippen LogP) is 2.95. The van der Waals surface area contributed by atoms with Crippen molar-refractivity contribution in [2.75, 3.05) is 5.75 Å². The molecule has 19 heavy (non-hydrogen) atoms. The van der Waals surface area contributed by atoms with Crippen LogP contribution in [0.5, 0.6) is 0 Å². The summed E-state index contributed by atoms with van der Waals surface area (Å²) in [6, 6.07) is 0. The fourth-order valence-electron chi connectivity index (χ4n) is 2.76. The molecule has 0 bridgehead atoms. The number of allylic oxidation sites excluding steroid dienone is 3. The Hall–Kier alpha value is -0.130. The van der Waals surface area contributed by atoms with Crippen molar-refractivity contribution in [3.63, 3.8) is 0 Å². The Morgan fingerprint density at radius 1 is 1.42 bits per heavy atom. The third-order valence-electron chi connectivity index (χ3n) is 4.13. The molecule has 1 fully saturated rings. The highest BCUT2D eigenvalue weighted by Crippen LogP contribution is 2.33. The van der Waals surface area contributed by atoms with Gasteiger partial charge in [-0.25, -0.2) is 8.42 Å². The Kier molecular flexibility index (Phi) is 4.58. The molecule has 0 aliphatic heterocycles. The average molecular weight is 349 g/mol. The van der Waals surface area contributed by atoms with Crippen LogP contribution >= 0.6 is 15.9 Å². The van der Waals surface area contributed by atoms with Gasteiger partial charge in [0.15, 0.2) is 9.84 Å². The monoisotopic (exact) mass is 348 g/mol. The molecule has 2 aliphatic carbocycles. The molecule has 1 saturated carbocycles. The first-order chi connectivity index (χ1) is 8.78. The topological polar surface area (TPSA) is 54.4 Å². The molecule has 0 aromatic rings. The summed E-state index contributed by atoms with van der Waals surface area (Å²) in [5.41, 5.74) is -0.599. The van der Waals surface area contributed by atoms with Gasteiger partial charge in [-0.3, -0.25) is 0 Å². The largest absolute Gasteiger partial charge is 0.390 e. The van der Waals surface area contributed by atoms with Gasteiger partial charge in [0, 0.05) is 4.48 Å². The van der Waals surface area contributed by atoms with E-state index in [2.05, 4.69) is 15.9 Å². The van der Waals surface area contributed by atoms with Gasteiger partial charge in [-0.2, -0.15) is 0 Å². The summed E-state index contributed by atoms with van der Waals surface area (Å²) in [7, 11) is -3.08. The van der Waals surface area contributed by atoms with Gasteiger partial charge in [-0.1, -0.05) is 34.2 Å². The van der Waals surface area contributed by atoms with Crippen LogP contribution in [0.3, 0.4) is 0 Å². The lowest BCUT2D eigenvalue weighted by molar-refractivity contribution is 0.0108. The molecular formula is C14H21BrO3S. The highest BCUT2D eigenvalue weighted by molar-refractivity contribution is 9.11. The second-order valence-corrected chi connectivity index (χ2v) is 9.17. The molecule has 1 unspecified atom stereocenters. The Morgan fingerprint density at radius 3 is 2.58 bits per heavy atom. The molecule has 0 saturated heterocycles. The Bertz CT molecular complexity index is 481. The smallest absolute Gasteiger partial charge is 0.157 e. The lowest BCUT2D eigenvalue weighted by Gasteiger charge is -2.33. The minimum atomic E-state index is -3.08. The first kappa shape index (κ1) is 15.3. The third-order valence-corrected chi connectivity index (χ3v) is 6.92. The van der Waals surface area contributed by atoms with Crippen molar-refractivity contribution in [3.8, 4) is 0 Å². The Balaban J connectivity index is 1.94. The van der Waals surface area contributed by atoms with Crippen molar-refractivity contribution in [1.29, 1.82) is 0 Å². The molecule has 0 radical (unpaired) electrons. The molecule has 0 heterocycles. The first-order valence-corrected chi connectivity index (χ1v) is 9.27. The minimum Gasteiger partial charge on any atom is -0.390 e. The van der Waals surface area contributed by atoms with E-state index >= 15 is 0 Å². The summed E-state index contributed by atoms with van der Waals surface area (Å²) in [4.78, 5) is 0. The molecule has 2 rings (SSSR count). The van der Waals surface area contributed by atoms with Gasteiger partial charge in [0.1, 0.15) is 0 Å². The van der Waals surface area contributed by atoms with Gasteiger partial charge in [0.05, 0.1) is 16.6 Å². The van der Waals surface area contributed by atoms with Crippen molar-refractivity contribution >= 4 is 25.8 Å². The van der Waals surface area contributed by atoms with E-state index in [-0.39, 0.29) is 16.9 Å².